The number of H-pyrrole nitrogens is 1. The summed E-state index contributed by atoms with van der Waals surface area (Å²) in [7, 11) is 0. The third-order valence-electron chi connectivity index (χ3n) is 3.96. The van der Waals surface area contributed by atoms with Gasteiger partial charge in [0.1, 0.15) is 22.7 Å². The van der Waals surface area contributed by atoms with Gasteiger partial charge in [0, 0.05) is 24.7 Å². The number of amides is 1. The van der Waals surface area contributed by atoms with Gasteiger partial charge in [-0.3, -0.25) is 4.79 Å². The van der Waals surface area contributed by atoms with Crippen molar-refractivity contribution >= 4 is 17.1 Å². The summed E-state index contributed by atoms with van der Waals surface area (Å²) in [6, 6.07) is 2.19. The number of aromatic amines is 1. The van der Waals surface area contributed by atoms with Crippen LogP contribution < -0.4 is 10.9 Å². The zero-order valence-electron chi connectivity index (χ0n) is 14.5. The van der Waals surface area contributed by atoms with Gasteiger partial charge in [0.25, 0.3) is 5.56 Å². The molecule has 0 bridgehead atoms. The zero-order valence-corrected chi connectivity index (χ0v) is 14.5. The fourth-order valence-corrected chi connectivity index (χ4v) is 2.91. The molecule has 2 heterocycles. The van der Waals surface area contributed by atoms with Crippen molar-refractivity contribution in [1.29, 1.82) is 5.26 Å². The van der Waals surface area contributed by atoms with Gasteiger partial charge in [-0.2, -0.15) is 5.26 Å². The van der Waals surface area contributed by atoms with Crippen LogP contribution in [-0.4, -0.2) is 32.8 Å². The monoisotopic (exact) mass is 343 g/mol. The Morgan fingerprint density at radius 3 is 2.84 bits per heavy atom. The van der Waals surface area contributed by atoms with E-state index in [1.807, 2.05) is 4.57 Å². The maximum atomic E-state index is 12.3. The molecule has 0 radical (unpaired) electrons. The average molecular weight is 343 g/mol. The second-order valence-corrected chi connectivity index (χ2v) is 7.16. The molecule has 0 aromatic carbocycles. The highest BCUT2D eigenvalue weighted by atomic mass is 16.6. The van der Waals surface area contributed by atoms with Crippen LogP contribution in [0.25, 0.3) is 11.0 Å². The summed E-state index contributed by atoms with van der Waals surface area (Å²) < 4.78 is 7.03. The van der Waals surface area contributed by atoms with E-state index in [0.717, 1.165) is 18.5 Å². The molecule has 8 nitrogen and oxygen atoms in total. The van der Waals surface area contributed by atoms with E-state index < -0.39 is 11.7 Å². The number of nitrogens with one attached hydrogen (secondary N) is 2. The summed E-state index contributed by atoms with van der Waals surface area (Å²) in [5, 5.41) is 12.2. The number of carbonyl (C=O) groups is 1. The van der Waals surface area contributed by atoms with E-state index in [2.05, 4.69) is 21.4 Å². The summed E-state index contributed by atoms with van der Waals surface area (Å²) in [5.41, 5.74) is 1.25. The normalized spacial score (nSPS) is 14.3. The van der Waals surface area contributed by atoms with Crippen LogP contribution in [0.15, 0.2) is 11.1 Å². The number of nitriles is 1. The minimum absolute atomic E-state index is 0.268. The number of ether oxygens (including phenoxy) is 1. The summed E-state index contributed by atoms with van der Waals surface area (Å²) in [6.45, 7) is 6.04. The second-order valence-electron chi connectivity index (χ2n) is 7.16. The highest BCUT2D eigenvalue weighted by molar-refractivity contribution is 5.84. The lowest BCUT2D eigenvalue weighted by atomic mass is 10.2. The van der Waals surface area contributed by atoms with Crippen molar-refractivity contribution in [2.75, 3.05) is 6.54 Å². The molecule has 1 saturated carbocycles. The number of carbonyl (C=O) groups excluding carboxylic acids is 1. The van der Waals surface area contributed by atoms with Crippen molar-refractivity contribution in [3.8, 4) is 6.07 Å². The van der Waals surface area contributed by atoms with E-state index in [0.29, 0.717) is 23.1 Å². The predicted molar refractivity (Wildman–Crippen MR) is 91.3 cm³/mol. The maximum Gasteiger partial charge on any atom is 0.407 e. The van der Waals surface area contributed by atoms with E-state index in [1.54, 1.807) is 20.8 Å². The molecule has 2 N–H and O–H groups in total. The summed E-state index contributed by atoms with van der Waals surface area (Å²) in [4.78, 5) is 30.8. The van der Waals surface area contributed by atoms with Gasteiger partial charge in [-0.15, -0.1) is 0 Å². The first-order valence-corrected chi connectivity index (χ1v) is 8.28. The lowest BCUT2D eigenvalue weighted by molar-refractivity contribution is 0.0526. The SMILES string of the molecule is CC(C)(C)OC(=O)NCCn1c(C2CC2)c(C#N)c2nc[nH]c(=O)c21. The first kappa shape index (κ1) is 17.0. The highest BCUT2D eigenvalue weighted by Crippen LogP contribution is 2.43. The molecule has 1 fully saturated rings. The Morgan fingerprint density at radius 1 is 1.52 bits per heavy atom. The largest absolute Gasteiger partial charge is 0.444 e. The summed E-state index contributed by atoms with van der Waals surface area (Å²) in [6.07, 6.45) is 2.78. The first-order chi connectivity index (χ1) is 11.8. The fourth-order valence-electron chi connectivity index (χ4n) is 2.91. The van der Waals surface area contributed by atoms with E-state index in [-0.39, 0.29) is 18.0 Å². The standard InChI is InChI=1S/C17H21N5O3/c1-17(2,3)25-16(24)19-6-7-22-13(10-4-5-10)11(8-18)12-14(22)15(23)21-9-20-12/h9-10H,4-7H2,1-3H3,(H,19,24)(H,20,21,23). The molecule has 0 unspecified atom stereocenters. The third-order valence-corrected chi connectivity index (χ3v) is 3.96. The number of nitrogens with zero attached hydrogens (tertiary/aromatic N) is 3. The van der Waals surface area contributed by atoms with Gasteiger partial charge >= 0.3 is 6.09 Å². The molecule has 8 heteroatoms. The van der Waals surface area contributed by atoms with Crippen LogP contribution in [0.2, 0.25) is 0 Å². The molecule has 2 aromatic rings. The van der Waals surface area contributed by atoms with Gasteiger partial charge in [-0.1, -0.05) is 0 Å². The van der Waals surface area contributed by atoms with Gasteiger partial charge in [0.05, 0.1) is 11.9 Å². The van der Waals surface area contributed by atoms with E-state index in [9.17, 15) is 14.9 Å². The highest BCUT2D eigenvalue weighted by Gasteiger charge is 2.33. The number of hydrogen-bond acceptors (Lipinski definition) is 5. The minimum atomic E-state index is -0.571. The van der Waals surface area contributed by atoms with Crippen LogP contribution in [0, 0.1) is 11.3 Å². The van der Waals surface area contributed by atoms with Gasteiger partial charge in [-0.25, -0.2) is 9.78 Å². The van der Waals surface area contributed by atoms with Crippen LogP contribution in [0.1, 0.15) is 50.8 Å². The Kier molecular flexibility index (Phi) is 4.25. The van der Waals surface area contributed by atoms with Crippen molar-refractivity contribution < 1.29 is 9.53 Å². The molecule has 132 valence electrons. The molecule has 1 aliphatic carbocycles. The van der Waals surface area contributed by atoms with Crippen molar-refractivity contribution in [2.45, 2.75) is 51.7 Å². The van der Waals surface area contributed by atoms with E-state index in [4.69, 9.17) is 4.74 Å². The van der Waals surface area contributed by atoms with Crippen LogP contribution >= 0.6 is 0 Å². The lowest BCUT2D eigenvalue weighted by Gasteiger charge is -2.20. The predicted octanol–water partition coefficient (Wildman–Crippen LogP) is 2.00. The smallest absolute Gasteiger partial charge is 0.407 e. The topological polar surface area (TPSA) is 113 Å². The number of fused-ring (bicyclic) bond motifs is 1. The van der Waals surface area contributed by atoms with Gasteiger partial charge < -0.3 is 19.6 Å². The van der Waals surface area contributed by atoms with Crippen LogP contribution in [0.5, 0.6) is 0 Å². The molecule has 2 aromatic heterocycles. The van der Waals surface area contributed by atoms with Crippen LogP contribution in [0.4, 0.5) is 4.79 Å². The van der Waals surface area contributed by atoms with Crippen molar-refractivity contribution in [3.05, 3.63) is 27.9 Å². The van der Waals surface area contributed by atoms with Crippen LogP contribution in [-0.2, 0) is 11.3 Å². The molecule has 3 rings (SSSR count). The summed E-state index contributed by atoms with van der Waals surface area (Å²) >= 11 is 0. The Bertz CT molecular complexity index is 909. The molecule has 0 spiro atoms. The molecule has 0 aliphatic heterocycles. The number of alkyl carbamates (subject to hydrolysis) is 1. The Balaban J connectivity index is 1.88. The van der Waals surface area contributed by atoms with Gasteiger partial charge in [0.15, 0.2) is 0 Å². The number of rotatable bonds is 4. The molecular weight excluding hydrogens is 322 g/mol. The molecule has 25 heavy (non-hydrogen) atoms. The van der Waals surface area contributed by atoms with E-state index >= 15 is 0 Å². The molecule has 1 amide bonds. The molecule has 0 atom stereocenters. The molecule has 0 saturated heterocycles. The second kappa shape index (κ2) is 6.24. The fraction of sp³-hybridized carbons (Fsp3) is 0.529. The third kappa shape index (κ3) is 3.50. The van der Waals surface area contributed by atoms with Crippen LogP contribution in [0.3, 0.4) is 0 Å². The van der Waals surface area contributed by atoms with Gasteiger partial charge in [-0.05, 0) is 33.6 Å². The number of hydrogen-bond donors (Lipinski definition) is 2. The Morgan fingerprint density at radius 2 is 2.24 bits per heavy atom. The first-order valence-electron chi connectivity index (χ1n) is 8.28. The Hall–Kier alpha value is -2.82. The Labute approximate surface area is 144 Å². The van der Waals surface area contributed by atoms with Crippen molar-refractivity contribution in [2.24, 2.45) is 0 Å². The van der Waals surface area contributed by atoms with E-state index in [1.165, 1.54) is 6.33 Å². The maximum absolute atomic E-state index is 12.3. The lowest BCUT2D eigenvalue weighted by Crippen LogP contribution is -2.34. The van der Waals surface area contributed by atoms with Crippen molar-refractivity contribution in [3.63, 3.8) is 0 Å². The number of aromatic nitrogens is 3. The average Bonchev–Trinajstić information content (AvgIpc) is 3.29. The zero-order chi connectivity index (χ0) is 18.2. The minimum Gasteiger partial charge on any atom is -0.444 e. The molecule has 1 aliphatic rings. The van der Waals surface area contributed by atoms with Crippen molar-refractivity contribution in [1.82, 2.24) is 19.9 Å². The molecular formula is C17H21N5O3. The van der Waals surface area contributed by atoms with Gasteiger partial charge in [0.2, 0.25) is 0 Å². The quantitative estimate of drug-likeness (QED) is 0.881. The summed E-state index contributed by atoms with van der Waals surface area (Å²) in [5.74, 6) is 0.268.